The summed E-state index contributed by atoms with van der Waals surface area (Å²) in [5.74, 6) is -3.06. The summed E-state index contributed by atoms with van der Waals surface area (Å²) in [6.45, 7) is 0. The molecule has 21 heavy (non-hydrogen) atoms. The van der Waals surface area contributed by atoms with E-state index in [4.69, 9.17) is 4.74 Å². The smallest absolute Gasteiger partial charge is 0.402 e. The second kappa shape index (κ2) is 6.55. The first-order valence-corrected chi connectivity index (χ1v) is 6.03. The number of nitrogens with one attached hydrogen (secondary N) is 1. The fourth-order valence-electron chi connectivity index (χ4n) is 2.08. The summed E-state index contributed by atoms with van der Waals surface area (Å²) in [7, 11) is 2.44. The van der Waals surface area contributed by atoms with Crippen molar-refractivity contribution in [2.24, 2.45) is 5.92 Å². The molecule has 0 saturated heterocycles. The van der Waals surface area contributed by atoms with Gasteiger partial charge in [-0.3, -0.25) is 0 Å². The number of ether oxygens (including phenoxy) is 1. The highest BCUT2D eigenvalue weighted by atomic mass is 19.4. The Morgan fingerprint density at radius 3 is 2.10 bits per heavy atom. The standard InChI is InChI=1S/C13H15F6NO/c1-20-10(11(12(14,15)16)13(17,18)19)7-8-4-3-5-9(6-8)21-2/h3-6,10-11,20H,7H2,1-2H3. The van der Waals surface area contributed by atoms with Gasteiger partial charge in [-0.05, 0) is 31.2 Å². The van der Waals surface area contributed by atoms with Crippen LogP contribution in [0.15, 0.2) is 24.3 Å². The molecule has 0 saturated carbocycles. The van der Waals surface area contributed by atoms with Crippen molar-refractivity contribution in [1.29, 1.82) is 0 Å². The second-order valence-corrected chi connectivity index (χ2v) is 4.51. The number of methoxy groups -OCH3 is 1. The van der Waals surface area contributed by atoms with Crippen molar-refractivity contribution in [3.8, 4) is 5.75 Å². The van der Waals surface area contributed by atoms with Gasteiger partial charge >= 0.3 is 12.4 Å². The van der Waals surface area contributed by atoms with Crippen LogP contribution in [0, 0.1) is 5.92 Å². The van der Waals surface area contributed by atoms with Gasteiger partial charge in [0.05, 0.1) is 7.11 Å². The van der Waals surface area contributed by atoms with E-state index in [9.17, 15) is 26.3 Å². The summed E-state index contributed by atoms with van der Waals surface area (Å²) in [4.78, 5) is 0. The molecule has 1 rings (SSSR count). The molecule has 0 aliphatic heterocycles. The maximum atomic E-state index is 12.7. The third kappa shape index (κ3) is 4.80. The van der Waals surface area contributed by atoms with Crippen molar-refractivity contribution in [3.63, 3.8) is 0 Å². The third-order valence-electron chi connectivity index (χ3n) is 3.07. The lowest BCUT2D eigenvalue weighted by Gasteiger charge is -2.30. The van der Waals surface area contributed by atoms with Crippen molar-refractivity contribution in [2.75, 3.05) is 14.2 Å². The lowest BCUT2D eigenvalue weighted by atomic mass is 9.92. The topological polar surface area (TPSA) is 21.3 Å². The molecule has 1 aromatic rings. The number of rotatable bonds is 5. The Bertz CT molecular complexity index is 443. The van der Waals surface area contributed by atoms with Crippen LogP contribution in [-0.2, 0) is 6.42 Å². The Kier molecular flexibility index (Phi) is 5.49. The van der Waals surface area contributed by atoms with Gasteiger partial charge in [-0.1, -0.05) is 12.1 Å². The van der Waals surface area contributed by atoms with Crippen molar-refractivity contribution in [3.05, 3.63) is 29.8 Å². The van der Waals surface area contributed by atoms with Gasteiger partial charge in [0.1, 0.15) is 5.75 Å². The van der Waals surface area contributed by atoms with Gasteiger partial charge in [-0.15, -0.1) is 0 Å². The molecule has 8 heteroatoms. The summed E-state index contributed by atoms with van der Waals surface area (Å²) >= 11 is 0. The molecule has 1 aromatic carbocycles. The number of halogens is 6. The van der Waals surface area contributed by atoms with Gasteiger partial charge in [0.2, 0.25) is 0 Å². The van der Waals surface area contributed by atoms with Gasteiger partial charge in [0, 0.05) is 6.04 Å². The zero-order valence-electron chi connectivity index (χ0n) is 11.3. The highest BCUT2D eigenvalue weighted by molar-refractivity contribution is 5.29. The van der Waals surface area contributed by atoms with E-state index in [1.165, 1.54) is 25.3 Å². The van der Waals surface area contributed by atoms with E-state index < -0.39 is 30.7 Å². The summed E-state index contributed by atoms with van der Waals surface area (Å²) in [5.41, 5.74) is 0.326. The average molecular weight is 315 g/mol. The van der Waals surface area contributed by atoms with Gasteiger partial charge in [0.25, 0.3) is 0 Å². The summed E-state index contributed by atoms with van der Waals surface area (Å²) in [6, 6.07) is 4.13. The predicted octanol–water partition coefficient (Wildman–Crippen LogP) is 3.57. The van der Waals surface area contributed by atoms with E-state index in [0.29, 0.717) is 11.3 Å². The van der Waals surface area contributed by atoms with E-state index in [-0.39, 0.29) is 0 Å². The van der Waals surface area contributed by atoms with Crippen molar-refractivity contribution >= 4 is 0 Å². The SMILES string of the molecule is CNC(Cc1cccc(OC)c1)C(C(F)(F)F)C(F)(F)F. The minimum Gasteiger partial charge on any atom is -0.497 e. The number of hydrogen-bond acceptors (Lipinski definition) is 2. The molecule has 0 bridgehead atoms. The quantitative estimate of drug-likeness (QED) is 0.839. The molecule has 120 valence electrons. The Labute approximate surface area is 118 Å². The van der Waals surface area contributed by atoms with Crippen LogP contribution < -0.4 is 10.1 Å². The molecule has 0 fully saturated rings. The first-order chi connectivity index (χ1) is 9.59. The molecule has 0 aliphatic carbocycles. The highest BCUT2D eigenvalue weighted by Gasteiger charge is 2.59. The molecule has 0 amide bonds. The average Bonchev–Trinajstić information content (AvgIpc) is 2.34. The van der Waals surface area contributed by atoms with Crippen LogP contribution in [0.5, 0.6) is 5.75 Å². The van der Waals surface area contributed by atoms with E-state index in [1.54, 1.807) is 6.07 Å². The van der Waals surface area contributed by atoms with E-state index in [1.807, 2.05) is 0 Å². The lowest BCUT2D eigenvalue weighted by Crippen LogP contribution is -2.51. The summed E-state index contributed by atoms with van der Waals surface area (Å²) in [6.07, 6.45) is -11.2. The fraction of sp³-hybridized carbons (Fsp3) is 0.538. The molecule has 0 aliphatic rings. The first-order valence-electron chi connectivity index (χ1n) is 6.03. The molecule has 0 spiro atoms. The second-order valence-electron chi connectivity index (χ2n) is 4.51. The minimum absolute atomic E-state index is 0.326. The number of hydrogen-bond donors (Lipinski definition) is 1. The van der Waals surface area contributed by atoms with Crippen LogP contribution >= 0.6 is 0 Å². The largest absolute Gasteiger partial charge is 0.497 e. The van der Waals surface area contributed by atoms with Crippen LogP contribution in [0.25, 0.3) is 0 Å². The van der Waals surface area contributed by atoms with Crippen LogP contribution in [0.4, 0.5) is 26.3 Å². The Morgan fingerprint density at radius 2 is 1.67 bits per heavy atom. The van der Waals surface area contributed by atoms with Crippen LogP contribution in [0.1, 0.15) is 5.56 Å². The Morgan fingerprint density at radius 1 is 1.10 bits per heavy atom. The summed E-state index contributed by atoms with van der Waals surface area (Å²) in [5, 5.41) is 2.12. The normalized spacial score (nSPS) is 14.3. The van der Waals surface area contributed by atoms with Gasteiger partial charge in [-0.25, -0.2) is 0 Å². The molecule has 0 radical (unpaired) electrons. The number of likely N-dealkylation sites (N-methyl/N-ethyl adjacent to an activating group) is 1. The van der Waals surface area contributed by atoms with Crippen molar-refractivity contribution in [1.82, 2.24) is 5.32 Å². The molecular formula is C13H15F6NO. The van der Waals surface area contributed by atoms with Crippen molar-refractivity contribution < 1.29 is 31.1 Å². The highest BCUT2D eigenvalue weighted by Crippen LogP contribution is 2.42. The third-order valence-corrected chi connectivity index (χ3v) is 3.07. The maximum absolute atomic E-state index is 12.7. The number of benzene rings is 1. The predicted molar refractivity (Wildman–Crippen MR) is 65.1 cm³/mol. The summed E-state index contributed by atoms with van der Waals surface area (Å²) < 4.78 is 81.2. The van der Waals surface area contributed by atoms with Gasteiger partial charge < -0.3 is 10.1 Å². The van der Waals surface area contributed by atoms with Crippen molar-refractivity contribution in [2.45, 2.75) is 24.8 Å². The van der Waals surface area contributed by atoms with E-state index >= 15 is 0 Å². The Hall–Kier alpha value is -1.44. The van der Waals surface area contributed by atoms with Gasteiger partial charge in [-0.2, -0.15) is 26.3 Å². The number of alkyl halides is 6. The molecule has 0 aromatic heterocycles. The molecule has 2 nitrogen and oxygen atoms in total. The van der Waals surface area contributed by atoms with E-state index in [0.717, 1.165) is 7.05 Å². The molecular weight excluding hydrogens is 300 g/mol. The molecule has 1 unspecified atom stereocenters. The zero-order valence-corrected chi connectivity index (χ0v) is 11.3. The lowest BCUT2D eigenvalue weighted by molar-refractivity contribution is -0.291. The fourth-order valence-corrected chi connectivity index (χ4v) is 2.08. The minimum atomic E-state index is -5.37. The zero-order chi connectivity index (χ0) is 16.3. The Balaban J connectivity index is 3.04. The first kappa shape index (κ1) is 17.6. The molecule has 0 heterocycles. The van der Waals surface area contributed by atoms with Gasteiger partial charge in [0.15, 0.2) is 5.92 Å². The maximum Gasteiger partial charge on any atom is 0.402 e. The van der Waals surface area contributed by atoms with E-state index in [2.05, 4.69) is 5.32 Å². The van der Waals surface area contributed by atoms with Crippen LogP contribution in [-0.4, -0.2) is 32.6 Å². The molecule has 1 N–H and O–H groups in total. The monoisotopic (exact) mass is 315 g/mol. The van der Waals surface area contributed by atoms with Crippen LogP contribution in [0.3, 0.4) is 0 Å². The van der Waals surface area contributed by atoms with Crippen LogP contribution in [0.2, 0.25) is 0 Å². The molecule has 1 atom stereocenters.